The maximum atomic E-state index is 10.8. The number of hydrogen-bond donors (Lipinski definition) is 2. The summed E-state index contributed by atoms with van der Waals surface area (Å²) >= 11 is 0. The minimum absolute atomic E-state index is 0.0989. The van der Waals surface area contributed by atoms with Crippen molar-refractivity contribution in [3.05, 3.63) is 39.9 Å². The van der Waals surface area contributed by atoms with Gasteiger partial charge in [-0.1, -0.05) is 12.1 Å². The Morgan fingerprint density at radius 2 is 2.35 bits per heavy atom. The number of nitrogens with zero attached hydrogens (tertiary/aromatic N) is 2. The number of non-ortho nitro benzene ring substituents is 1. The molecule has 0 saturated carbocycles. The molecule has 6 heteroatoms. The quantitative estimate of drug-likeness (QED) is 0.578. The third kappa shape index (κ3) is 4.26. The van der Waals surface area contributed by atoms with Crippen molar-refractivity contribution >= 4 is 5.69 Å². The first-order valence-corrected chi connectivity index (χ1v) is 6.99. The highest BCUT2D eigenvalue weighted by Gasteiger charge is 2.18. The van der Waals surface area contributed by atoms with Crippen LogP contribution in [0, 0.1) is 10.1 Å². The highest BCUT2D eigenvalue weighted by molar-refractivity contribution is 5.34. The zero-order valence-electron chi connectivity index (χ0n) is 11.5. The number of rotatable bonds is 7. The number of nitrogens with one attached hydrogen (secondary N) is 1. The third-order valence-electron chi connectivity index (χ3n) is 3.58. The number of aliphatic hydroxyl groups is 1. The molecule has 0 spiro atoms. The molecule has 0 amide bonds. The number of benzene rings is 1. The van der Waals surface area contributed by atoms with E-state index in [-0.39, 0.29) is 17.2 Å². The molecule has 1 atom stereocenters. The summed E-state index contributed by atoms with van der Waals surface area (Å²) in [6.07, 6.45) is 2.34. The van der Waals surface area contributed by atoms with E-state index in [0.717, 1.165) is 25.1 Å². The summed E-state index contributed by atoms with van der Waals surface area (Å²) in [6, 6.07) is 7.16. The topological polar surface area (TPSA) is 78.6 Å². The van der Waals surface area contributed by atoms with Crippen molar-refractivity contribution in [1.29, 1.82) is 0 Å². The Bertz CT molecular complexity index is 447. The van der Waals surface area contributed by atoms with Crippen LogP contribution >= 0.6 is 0 Å². The smallest absolute Gasteiger partial charge is 0.269 e. The Morgan fingerprint density at radius 1 is 1.50 bits per heavy atom. The van der Waals surface area contributed by atoms with E-state index in [1.807, 2.05) is 6.07 Å². The summed E-state index contributed by atoms with van der Waals surface area (Å²) in [5.41, 5.74) is 1.02. The van der Waals surface area contributed by atoms with Crippen LogP contribution in [0.2, 0.25) is 0 Å². The van der Waals surface area contributed by atoms with Gasteiger partial charge in [0.15, 0.2) is 0 Å². The maximum absolute atomic E-state index is 10.8. The molecule has 1 fully saturated rings. The van der Waals surface area contributed by atoms with Crippen LogP contribution in [-0.4, -0.2) is 47.2 Å². The largest absolute Gasteiger partial charge is 0.395 e. The van der Waals surface area contributed by atoms with Crippen LogP contribution in [0.15, 0.2) is 24.3 Å². The summed E-state index contributed by atoms with van der Waals surface area (Å²) < 4.78 is 0. The van der Waals surface area contributed by atoms with Gasteiger partial charge in [-0.2, -0.15) is 0 Å². The summed E-state index contributed by atoms with van der Waals surface area (Å²) in [5, 5.41) is 23.4. The monoisotopic (exact) mass is 279 g/mol. The van der Waals surface area contributed by atoms with E-state index < -0.39 is 0 Å². The Morgan fingerprint density at radius 3 is 3.00 bits per heavy atom. The van der Waals surface area contributed by atoms with Crippen LogP contribution < -0.4 is 5.32 Å². The van der Waals surface area contributed by atoms with Crippen molar-refractivity contribution in [2.45, 2.75) is 25.4 Å². The number of nitro benzene ring substituents is 1. The molecule has 2 N–H and O–H groups in total. The second-order valence-corrected chi connectivity index (χ2v) is 5.18. The van der Waals surface area contributed by atoms with Crippen LogP contribution in [-0.2, 0) is 6.54 Å². The zero-order chi connectivity index (χ0) is 14.4. The van der Waals surface area contributed by atoms with Gasteiger partial charge in [-0.05, 0) is 24.9 Å². The first-order chi connectivity index (χ1) is 9.69. The molecule has 1 saturated heterocycles. The lowest BCUT2D eigenvalue weighted by Crippen LogP contribution is -2.38. The second kappa shape index (κ2) is 7.33. The fourth-order valence-corrected chi connectivity index (χ4v) is 2.63. The molecule has 1 aliphatic rings. The van der Waals surface area contributed by atoms with Crippen molar-refractivity contribution in [2.75, 3.05) is 26.2 Å². The predicted octanol–water partition coefficient (Wildman–Crippen LogP) is 1.14. The molecule has 6 nitrogen and oxygen atoms in total. The standard InChI is InChI=1S/C14H21N3O3/c18-8-7-16(11-13-4-2-6-15-13)10-12-3-1-5-14(9-12)17(19)20/h1,3,5,9,13,15,18H,2,4,6-8,10-11H2. The summed E-state index contributed by atoms with van der Waals surface area (Å²) in [4.78, 5) is 12.5. The van der Waals surface area contributed by atoms with Crippen molar-refractivity contribution in [3.8, 4) is 0 Å². The molecule has 1 heterocycles. The molecular weight excluding hydrogens is 258 g/mol. The number of hydrogen-bond acceptors (Lipinski definition) is 5. The first kappa shape index (κ1) is 14.9. The van der Waals surface area contributed by atoms with E-state index in [4.69, 9.17) is 5.11 Å². The van der Waals surface area contributed by atoms with Crippen LogP contribution in [0.25, 0.3) is 0 Å². The van der Waals surface area contributed by atoms with Crippen LogP contribution in [0.5, 0.6) is 0 Å². The Balaban J connectivity index is 1.99. The minimum Gasteiger partial charge on any atom is -0.395 e. The van der Waals surface area contributed by atoms with E-state index in [1.165, 1.54) is 12.5 Å². The highest BCUT2D eigenvalue weighted by Crippen LogP contribution is 2.15. The van der Waals surface area contributed by atoms with Gasteiger partial charge >= 0.3 is 0 Å². The molecule has 110 valence electrons. The van der Waals surface area contributed by atoms with Crippen molar-refractivity contribution in [3.63, 3.8) is 0 Å². The number of aliphatic hydroxyl groups excluding tert-OH is 1. The molecule has 0 bridgehead atoms. The van der Waals surface area contributed by atoms with E-state index in [0.29, 0.717) is 19.1 Å². The fourth-order valence-electron chi connectivity index (χ4n) is 2.63. The lowest BCUT2D eigenvalue weighted by atomic mass is 10.1. The maximum Gasteiger partial charge on any atom is 0.269 e. The Labute approximate surface area is 118 Å². The van der Waals surface area contributed by atoms with E-state index in [2.05, 4.69) is 10.2 Å². The SMILES string of the molecule is O=[N+]([O-])c1cccc(CN(CCO)CC2CCCN2)c1. The number of nitro groups is 1. The molecular formula is C14H21N3O3. The summed E-state index contributed by atoms with van der Waals surface area (Å²) in [5.74, 6) is 0. The zero-order valence-corrected chi connectivity index (χ0v) is 11.5. The Hall–Kier alpha value is -1.50. The predicted molar refractivity (Wildman–Crippen MR) is 76.5 cm³/mol. The third-order valence-corrected chi connectivity index (χ3v) is 3.58. The van der Waals surface area contributed by atoms with Crippen molar-refractivity contribution in [1.82, 2.24) is 10.2 Å². The van der Waals surface area contributed by atoms with Gasteiger partial charge in [0.05, 0.1) is 11.5 Å². The van der Waals surface area contributed by atoms with Gasteiger partial charge in [-0.3, -0.25) is 15.0 Å². The molecule has 2 rings (SSSR count). The van der Waals surface area contributed by atoms with E-state index >= 15 is 0 Å². The summed E-state index contributed by atoms with van der Waals surface area (Å²) in [6.45, 7) is 3.22. The average Bonchev–Trinajstić information content (AvgIpc) is 2.92. The molecule has 1 unspecified atom stereocenters. The van der Waals surface area contributed by atoms with E-state index in [1.54, 1.807) is 12.1 Å². The van der Waals surface area contributed by atoms with Crippen LogP contribution in [0.3, 0.4) is 0 Å². The fraction of sp³-hybridized carbons (Fsp3) is 0.571. The molecule has 1 aliphatic heterocycles. The van der Waals surface area contributed by atoms with Gasteiger partial charge in [-0.15, -0.1) is 0 Å². The van der Waals surface area contributed by atoms with Crippen LogP contribution in [0.4, 0.5) is 5.69 Å². The molecule has 20 heavy (non-hydrogen) atoms. The van der Waals surface area contributed by atoms with Crippen molar-refractivity contribution < 1.29 is 10.0 Å². The van der Waals surface area contributed by atoms with Crippen LogP contribution in [0.1, 0.15) is 18.4 Å². The molecule has 0 aliphatic carbocycles. The highest BCUT2D eigenvalue weighted by atomic mass is 16.6. The normalized spacial score (nSPS) is 18.6. The van der Waals surface area contributed by atoms with Gasteiger partial charge in [0.25, 0.3) is 5.69 Å². The lowest BCUT2D eigenvalue weighted by molar-refractivity contribution is -0.384. The van der Waals surface area contributed by atoms with Gasteiger partial charge in [0, 0.05) is 37.8 Å². The lowest BCUT2D eigenvalue weighted by Gasteiger charge is -2.24. The van der Waals surface area contributed by atoms with Gasteiger partial charge in [0.1, 0.15) is 0 Å². The molecule has 0 aromatic heterocycles. The van der Waals surface area contributed by atoms with E-state index in [9.17, 15) is 10.1 Å². The van der Waals surface area contributed by atoms with Gasteiger partial charge in [0.2, 0.25) is 0 Å². The van der Waals surface area contributed by atoms with Gasteiger partial charge < -0.3 is 10.4 Å². The second-order valence-electron chi connectivity index (χ2n) is 5.18. The summed E-state index contributed by atoms with van der Waals surface area (Å²) in [7, 11) is 0. The van der Waals surface area contributed by atoms with Gasteiger partial charge in [-0.25, -0.2) is 0 Å². The molecule has 1 aromatic rings. The average molecular weight is 279 g/mol. The molecule has 1 aromatic carbocycles. The first-order valence-electron chi connectivity index (χ1n) is 6.99. The minimum atomic E-state index is -0.377. The molecule has 0 radical (unpaired) electrons. The Kier molecular flexibility index (Phi) is 5.46. The van der Waals surface area contributed by atoms with Crippen molar-refractivity contribution in [2.24, 2.45) is 0 Å².